The van der Waals surface area contributed by atoms with Crippen molar-refractivity contribution in [3.63, 3.8) is 0 Å². The highest BCUT2D eigenvalue weighted by Crippen LogP contribution is 2.21. The highest BCUT2D eigenvalue weighted by molar-refractivity contribution is 7.89. The van der Waals surface area contributed by atoms with E-state index in [4.69, 9.17) is 5.26 Å². The molecule has 0 saturated heterocycles. The molecule has 0 fully saturated rings. The molecule has 19 heavy (non-hydrogen) atoms. The van der Waals surface area contributed by atoms with Crippen LogP contribution in [-0.4, -0.2) is 19.7 Å². The van der Waals surface area contributed by atoms with E-state index in [1.165, 1.54) is 12.5 Å². The molecular formula is C14H12N2O2S. The number of aromatic nitrogens is 1. The molecule has 2 rings (SSSR count). The maximum Gasteiger partial charge on any atom is 0.151 e. The summed E-state index contributed by atoms with van der Waals surface area (Å²) in [6.07, 6.45) is 2.72. The van der Waals surface area contributed by atoms with E-state index in [1.807, 2.05) is 12.1 Å². The van der Waals surface area contributed by atoms with Crippen LogP contribution in [0.25, 0.3) is 11.3 Å². The summed E-state index contributed by atoms with van der Waals surface area (Å²) in [7, 11) is -3.06. The van der Waals surface area contributed by atoms with E-state index in [2.05, 4.69) is 11.1 Å². The third kappa shape index (κ3) is 3.39. The first-order chi connectivity index (χ1) is 8.99. The summed E-state index contributed by atoms with van der Waals surface area (Å²) in [5.41, 5.74) is 2.59. The summed E-state index contributed by atoms with van der Waals surface area (Å²) in [5, 5.41) is 9.03. The summed E-state index contributed by atoms with van der Waals surface area (Å²) >= 11 is 0. The van der Waals surface area contributed by atoms with Gasteiger partial charge in [-0.15, -0.1) is 0 Å². The Morgan fingerprint density at radius 2 is 1.95 bits per heavy atom. The number of hydrogen-bond acceptors (Lipinski definition) is 4. The Bertz CT molecular complexity index is 729. The lowest BCUT2D eigenvalue weighted by molar-refractivity contribution is 0.601. The quantitative estimate of drug-likeness (QED) is 0.858. The first kappa shape index (κ1) is 13.2. The van der Waals surface area contributed by atoms with Crippen molar-refractivity contribution in [1.82, 2.24) is 4.98 Å². The zero-order chi connectivity index (χ0) is 13.9. The predicted molar refractivity (Wildman–Crippen MR) is 72.9 cm³/mol. The van der Waals surface area contributed by atoms with Gasteiger partial charge >= 0.3 is 0 Å². The van der Waals surface area contributed by atoms with Gasteiger partial charge in [-0.1, -0.05) is 24.3 Å². The van der Waals surface area contributed by atoms with Gasteiger partial charge in [-0.2, -0.15) is 5.26 Å². The molecule has 0 unspecified atom stereocenters. The van der Waals surface area contributed by atoms with E-state index >= 15 is 0 Å². The van der Waals surface area contributed by atoms with Crippen molar-refractivity contribution < 1.29 is 8.42 Å². The maximum atomic E-state index is 11.2. The van der Waals surface area contributed by atoms with Gasteiger partial charge in [0, 0.05) is 18.0 Å². The number of nitriles is 1. The van der Waals surface area contributed by atoms with Crippen molar-refractivity contribution in [3.8, 4) is 17.3 Å². The molecule has 1 heterocycles. The summed E-state index contributed by atoms with van der Waals surface area (Å²) in [6, 6.07) is 12.7. The molecule has 0 aliphatic carbocycles. The molecule has 0 amide bonds. The molecule has 2 aromatic rings. The van der Waals surface area contributed by atoms with E-state index in [9.17, 15) is 8.42 Å². The molecule has 1 aromatic heterocycles. The molecule has 0 aliphatic heterocycles. The molecule has 0 bridgehead atoms. The fraction of sp³-hybridized carbons (Fsp3) is 0.143. The lowest BCUT2D eigenvalue weighted by Gasteiger charge is -2.04. The summed E-state index contributed by atoms with van der Waals surface area (Å²) in [4.78, 5) is 4.23. The lowest BCUT2D eigenvalue weighted by atomic mass is 10.0. The Morgan fingerprint density at radius 1 is 1.21 bits per heavy atom. The van der Waals surface area contributed by atoms with Gasteiger partial charge in [0.1, 0.15) is 0 Å². The van der Waals surface area contributed by atoms with Crippen LogP contribution >= 0.6 is 0 Å². The van der Waals surface area contributed by atoms with Crippen molar-refractivity contribution in [1.29, 1.82) is 5.26 Å². The van der Waals surface area contributed by atoms with Crippen LogP contribution in [0.5, 0.6) is 0 Å². The number of nitrogens with zero attached hydrogens (tertiary/aromatic N) is 2. The third-order valence-electron chi connectivity index (χ3n) is 2.58. The molecule has 0 radical (unpaired) electrons. The molecule has 0 aliphatic rings. The smallest absolute Gasteiger partial charge is 0.151 e. The Balaban J connectivity index is 2.36. The van der Waals surface area contributed by atoms with Crippen LogP contribution in [-0.2, 0) is 15.6 Å². The topological polar surface area (TPSA) is 70.8 Å². The van der Waals surface area contributed by atoms with E-state index in [1.54, 1.807) is 24.3 Å². The van der Waals surface area contributed by atoms with Gasteiger partial charge in [0.05, 0.1) is 23.1 Å². The van der Waals surface area contributed by atoms with E-state index < -0.39 is 9.84 Å². The molecule has 1 aromatic carbocycles. The maximum absolute atomic E-state index is 11.2. The van der Waals surface area contributed by atoms with Crippen LogP contribution in [0, 0.1) is 11.3 Å². The Morgan fingerprint density at radius 3 is 2.53 bits per heavy atom. The van der Waals surface area contributed by atoms with Gasteiger partial charge in [0.2, 0.25) is 0 Å². The zero-order valence-corrected chi connectivity index (χ0v) is 11.2. The van der Waals surface area contributed by atoms with Crippen LogP contribution < -0.4 is 0 Å². The summed E-state index contributed by atoms with van der Waals surface area (Å²) in [5.74, 6) is -0.0276. The Labute approximate surface area is 112 Å². The number of rotatable bonds is 3. The standard InChI is InChI=1S/C14H12N2O2S/c1-19(17,18)10-11-6-7-14(16-9-11)13-5-3-2-4-12(13)8-15/h2-7,9H,10H2,1H3. The number of benzene rings is 1. The number of hydrogen-bond donors (Lipinski definition) is 0. The largest absolute Gasteiger partial charge is 0.256 e. The molecule has 4 nitrogen and oxygen atoms in total. The monoisotopic (exact) mass is 272 g/mol. The van der Waals surface area contributed by atoms with Crippen molar-refractivity contribution in [3.05, 3.63) is 53.7 Å². The van der Waals surface area contributed by atoms with Crippen LogP contribution in [0.1, 0.15) is 11.1 Å². The van der Waals surface area contributed by atoms with Gasteiger partial charge < -0.3 is 0 Å². The lowest BCUT2D eigenvalue weighted by Crippen LogP contribution is -2.01. The summed E-state index contributed by atoms with van der Waals surface area (Å²) in [6.45, 7) is 0. The molecule has 0 N–H and O–H groups in total. The molecule has 5 heteroatoms. The normalized spacial score (nSPS) is 10.9. The first-order valence-corrected chi connectivity index (χ1v) is 7.68. The molecule has 0 spiro atoms. The fourth-order valence-corrected chi connectivity index (χ4v) is 2.55. The van der Waals surface area contributed by atoms with Crippen molar-refractivity contribution >= 4 is 9.84 Å². The van der Waals surface area contributed by atoms with Crippen LogP contribution in [0.3, 0.4) is 0 Å². The average molecular weight is 272 g/mol. The SMILES string of the molecule is CS(=O)(=O)Cc1ccc(-c2ccccc2C#N)nc1. The van der Waals surface area contributed by atoms with Crippen molar-refractivity contribution in [2.24, 2.45) is 0 Å². The van der Waals surface area contributed by atoms with Crippen molar-refractivity contribution in [2.75, 3.05) is 6.26 Å². The minimum atomic E-state index is -3.06. The van der Waals surface area contributed by atoms with Gasteiger partial charge in [0.25, 0.3) is 0 Å². The highest BCUT2D eigenvalue weighted by atomic mass is 32.2. The van der Waals surface area contributed by atoms with Crippen LogP contribution in [0.2, 0.25) is 0 Å². The van der Waals surface area contributed by atoms with Gasteiger partial charge in [0.15, 0.2) is 9.84 Å². The van der Waals surface area contributed by atoms with E-state index in [-0.39, 0.29) is 5.75 Å². The van der Waals surface area contributed by atoms with Crippen LogP contribution in [0.4, 0.5) is 0 Å². The first-order valence-electron chi connectivity index (χ1n) is 5.62. The predicted octanol–water partition coefficient (Wildman–Crippen LogP) is 2.16. The average Bonchev–Trinajstić information content (AvgIpc) is 2.38. The van der Waals surface area contributed by atoms with Gasteiger partial charge in [-0.05, 0) is 17.7 Å². The molecule has 0 saturated carbocycles. The number of sulfone groups is 1. The highest BCUT2D eigenvalue weighted by Gasteiger charge is 2.08. The molecule has 96 valence electrons. The zero-order valence-electron chi connectivity index (χ0n) is 10.4. The summed E-state index contributed by atoms with van der Waals surface area (Å²) < 4.78 is 22.4. The molecule has 0 atom stereocenters. The van der Waals surface area contributed by atoms with Gasteiger partial charge in [-0.3, -0.25) is 4.98 Å². The van der Waals surface area contributed by atoms with Gasteiger partial charge in [-0.25, -0.2) is 8.42 Å². The fourth-order valence-electron chi connectivity index (χ4n) is 1.78. The Kier molecular flexibility index (Phi) is 3.63. The second-order valence-electron chi connectivity index (χ2n) is 4.28. The minimum absolute atomic E-state index is 0.0276. The number of pyridine rings is 1. The second kappa shape index (κ2) is 5.21. The van der Waals surface area contributed by atoms with Crippen LogP contribution in [0.15, 0.2) is 42.6 Å². The Hall–Kier alpha value is -2.19. The van der Waals surface area contributed by atoms with E-state index in [0.29, 0.717) is 16.8 Å². The van der Waals surface area contributed by atoms with E-state index in [0.717, 1.165) is 5.56 Å². The minimum Gasteiger partial charge on any atom is -0.256 e. The second-order valence-corrected chi connectivity index (χ2v) is 6.42. The third-order valence-corrected chi connectivity index (χ3v) is 3.43. The van der Waals surface area contributed by atoms with Crippen molar-refractivity contribution in [2.45, 2.75) is 5.75 Å². The molecular weight excluding hydrogens is 260 g/mol.